The second-order valence-electron chi connectivity index (χ2n) is 4.79. The van der Waals surface area contributed by atoms with Gasteiger partial charge in [-0.05, 0) is 44.5 Å². The quantitative estimate of drug-likeness (QED) is 0.814. The standard InChI is InChI=1S/C17H17N3O2/c1-4-22-16-8-6-5-7-14(16)11-19-20-13(3)9-12(2)15(10-18)17(20)21/h5-9,11H,4H2,1-3H3. The van der Waals surface area contributed by atoms with Crippen molar-refractivity contribution in [3.63, 3.8) is 0 Å². The van der Waals surface area contributed by atoms with E-state index in [1.807, 2.05) is 37.3 Å². The lowest BCUT2D eigenvalue weighted by Gasteiger charge is -2.08. The second kappa shape index (κ2) is 6.72. The molecule has 1 heterocycles. The third kappa shape index (κ3) is 3.07. The Morgan fingerprint density at radius 1 is 1.36 bits per heavy atom. The van der Waals surface area contributed by atoms with Crippen LogP contribution in [-0.2, 0) is 0 Å². The van der Waals surface area contributed by atoms with Crippen LogP contribution in [0.15, 0.2) is 40.2 Å². The zero-order chi connectivity index (χ0) is 16.1. The van der Waals surface area contributed by atoms with E-state index in [0.717, 1.165) is 5.56 Å². The minimum Gasteiger partial charge on any atom is -0.493 e. The van der Waals surface area contributed by atoms with Crippen LogP contribution in [0, 0.1) is 25.2 Å². The Hall–Kier alpha value is -2.87. The molecule has 0 amide bonds. The molecular weight excluding hydrogens is 278 g/mol. The number of ether oxygens (including phenoxy) is 1. The maximum atomic E-state index is 12.3. The molecular formula is C17H17N3O2. The summed E-state index contributed by atoms with van der Waals surface area (Å²) in [5.74, 6) is 0.701. The van der Waals surface area contributed by atoms with E-state index >= 15 is 0 Å². The summed E-state index contributed by atoms with van der Waals surface area (Å²) in [6, 6.07) is 11.1. The van der Waals surface area contributed by atoms with Crippen LogP contribution in [0.5, 0.6) is 5.75 Å². The number of nitrogens with zero attached hydrogens (tertiary/aromatic N) is 3. The van der Waals surface area contributed by atoms with Gasteiger partial charge in [-0.3, -0.25) is 4.79 Å². The van der Waals surface area contributed by atoms with Crippen molar-refractivity contribution >= 4 is 6.21 Å². The molecule has 0 unspecified atom stereocenters. The van der Waals surface area contributed by atoms with Crippen molar-refractivity contribution in [2.45, 2.75) is 20.8 Å². The average Bonchev–Trinajstić information content (AvgIpc) is 2.49. The van der Waals surface area contributed by atoms with Crippen molar-refractivity contribution in [3.8, 4) is 11.8 Å². The van der Waals surface area contributed by atoms with E-state index in [0.29, 0.717) is 23.6 Å². The number of aryl methyl sites for hydroxylation is 2. The van der Waals surface area contributed by atoms with Crippen molar-refractivity contribution in [1.82, 2.24) is 4.68 Å². The minimum atomic E-state index is -0.412. The lowest BCUT2D eigenvalue weighted by molar-refractivity contribution is 0.340. The van der Waals surface area contributed by atoms with E-state index in [9.17, 15) is 4.79 Å². The molecule has 1 aromatic heterocycles. The second-order valence-corrected chi connectivity index (χ2v) is 4.79. The molecule has 0 saturated carbocycles. The summed E-state index contributed by atoms with van der Waals surface area (Å²) in [5, 5.41) is 13.3. The Morgan fingerprint density at radius 2 is 2.09 bits per heavy atom. The van der Waals surface area contributed by atoms with Gasteiger partial charge in [0.15, 0.2) is 0 Å². The smallest absolute Gasteiger partial charge is 0.289 e. The van der Waals surface area contributed by atoms with Crippen molar-refractivity contribution in [2.24, 2.45) is 5.10 Å². The van der Waals surface area contributed by atoms with Gasteiger partial charge in [0, 0.05) is 11.3 Å². The van der Waals surface area contributed by atoms with E-state index < -0.39 is 5.56 Å². The number of rotatable bonds is 4. The van der Waals surface area contributed by atoms with Gasteiger partial charge in [-0.25, -0.2) is 4.68 Å². The van der Waals surface area contributed by atoms with Crippen LogP contribution in [0.25, 0.3) is 0 Å². The fourth-order valence-corrected chi connectivity index (χ4v) is 2.15. The molecule has 0 N–H and O–H groups in total. The number of hydrogen-bond acceptors (Lipinski definition) is 4. The SMILES string of the molecule is CCOc1ccccc1C=Nn1c(C)cc(C)c(C#N)c1=O. The third-order valence-corrected chi connectivity index (χ3v) is 3.20. The van der Waals surface area contributed by atoms with Crippen LogP contribution in [-0.4, -0.2) is 17.5 Å². The molecule has 0 bridgehead atoms. The van der Waals surface area contributed by atoms with Crippen LogP contribution in [0.4, 0.5) is 0 Å². The largest absolute Gasteiger partial charge is 0.493 e. The van der Waals surface area contributed by atoms with Gasteiger partial charge in [-0.15, -0.1) is 0 Å². The molecule has 22 heavy (non-hydrogen) atoms. The molecule has 0 aliphatic carbocycles. The molecule has 0 radical (unpaired) electrons. The Balaban J connectivity index is 2.48. The zero-order valence-corrected chi connectivity index (χ0v) is 12.8. The molecule has 5 nitrogen and oxygen atoms in total. The highest BCUT2D eigenvalue weighted by Crippen LogP contribution is 2.15. The van der Waals surface area contributed by atoms with E-state index in [4.69, 9.17) is 10.00 Å². The van der Waals surface area contributed by atoms with Crippen molar-refractivity contribution < 1.29 is 4.74 Å². The van der Waals surface area contributed by atoms with E-state index in [2.05, 4.69) is 5.10 Å². The zero-order valence-electron chi connectivity index (χ0n) is 12.8. The first kappa shape index (κ1) is 15.5. The molecule has 0 spiro atoms. The van der Waals surface area contributed by atoms with Gasteiger partial charge in [0.05, 0.1) is 12.8 Å². The Labute approximate surface area is 129 Å². The van der Waals surface area contributed by atoms with Crippen molar-refractivity contribution in [2.75, 3.05) is 6.61 Å². The molecule has 5 heteroatoms. The van der Waals surface area contributed by atoms with E-state index in [1.54, 1.807) is 26.1 Å². The lowest BCUT2D eigenvalue weighted by atomic mass is 10.1. The molecule has 1 aromatic carbocycles. The molecule has 0 fully saturated rings. The first-order valence-corrected chi connectivity index (χ1v) is 6.98. The number of pyridine rings is 1. The fraction of sp³-hybridized carbons (Fsp3) is 0.235. The number of hydrogen-bond donors (Lipinski definition) is 0. The first-order chi connectivity index (χ1) is 10.6. The lowest BCUT2D eigenvalue weighted by Crippen LogP contribution is -2.22. The summed E-state index contributed by atoms with van der Waals surface area (Å²) in [6.45, 7) is 5.97. The Bertz CT molecular complexity index is 814. The summed E-state index contributed by atoms with van der Waals surface area (Å²) in [5.41, 5.74) is 1.80. The van der Waals surface area contributed by atoms with Crippen LogP contribution in [0.3, 0.4) is 0 Å². The molecule has 2 rings (SSSR count). The predicted molar refractivity (Wildman–Crippen MR) is 85.5 cm³/mol. The van der Waals surface area contributed by atoms with Gasteiger partial charge in [0.25, 0.3) is 5.56 Å². The summed E-state index contributed by atoms with van der Waals surface area (Å²) in [4.78, 5) is 12.3. The van der Waals surface area contributed by atoms with Gasteiger partial charge < -0.3 is 4.74 Å². The van der Waals surface area contributed by atoms with Crippen molar-refractivity contribution in [1.29, 1.82) is 5.26 Å². The first-order valence-electron chi connectivity index (χ1n) is 6.98. The average molecular weight is 295 g/mol. The normalized spacial score (nSPS) is 10.6. The van der Waals surface area contributed by atoms with Crippen LogP contribution in [0.1, 0.15) is 29.3 Å². The van der Waals surface area contributed by atoms with Crippen LogP contribution in [0.2, 0.25) is 0 Å². The summed E-state index contributed by atoms with van der Waals surface area (Å²) in [6.07, 6.45) is 1.57. The van der Waals surface area contributed by atoms with Gasteiger partial charge in [-0.2, -0.15) is 10.4 Å². The topological polar surface area (TPSA) is 67.4 Å². The maximum absolute atomic E-state index is 12.3. The number of nitriles is 1. The third-order valence-electron chi connectivity index (χ3n) is 3.20. The summed E-state index contributed by atoms with van der Waals surface area (Å²) < 4.78 is 6.75. The van der Waals surface area contributed by atoms with Crippen molar-refractivity contribution in [3.05, 3.63) is 63.1 Å². The van der Waals surface area contributed by atoms with Gasteiger partial charge in [0.2, 0.25) is 0 Å². The number of benzene rings is 1. The highest BCUT2D eigenvalue weighted by atomic mass is 16.5. The highest BCUT2D eigenvalue weighted by molar-refractivity contribution is 5.83. The summed E-state index contributed by atoms with van der Waals surface area (Å²) in [7, 11) is 0. The maximum Gasteiger partial charge on any atom is 0.289 e. The molecule has 2 aromatic rings. The molecule has 0 atom stereocenters. The molecule has 112 valence electrons. The van der Waals surface area contributed by atoms with E-state index in [-0.39, 0.29) is 5.56 Å². The monoisotopic (exact) mass is 295 g/mol. The Morgan fingerprint density at radius 3 is 2.77 bits per heavy atom. The number of para-hydroxylation sites is 1. The Kier molecular flexibility index (Phi) is 4.74. The van der Waals surface area contributed by atoms with Gasteiger partial charge >= 0.3 is 0 Å². The van der Waals surface area contributed by atoms with Gasteiger partial charge in [-0.1, -0.05) is 12.1 Å². The molecule has 0 aliphatic rings. The summed E-state index contributed by atoms with van der Waals surface area (Å²) >= 11 is 0. The number of aromatic nitrogens is 1. The van der Waals surface area contributed by atoms with Gasteiger partial charge in [0.1, 0.15) is 17.4 Å². The predicted octanol–water partition coefficient (Wildman–Crippen LogP) is 2.62. The highest BCUT2D eigenvalue weighted by Gasteiger charge is 2.09. The van der Waals surface area contributed by atoms with Crippen LogP contribution >= 0.6 is 0 Å². The minimum absolute atomic E-state index is 0.112. The fourth-order valence-electron chi connectivity index (χ4n) is 2.15. The van der Waals surface area contributed by atoms with Crippen LogP contribution < -0.4 is 10.3 Å². The molecule has 0 saturated heterocycles. The molecule has 0 aliphatic heterocycles. The van der Waals surface area contributed by atoms with E-state index in [1.165, 1.54) is 4.68 Å².